The van der Waals surface area contributed by atoms with Crippen LogP contribution in [0, 0.1) is 0 Å². The molecule has 0 aliphatic carbocycles. The molecule has 96 valence electrons. The van der Waals surface area contributed by atoms with Crippen LogP contribution in [0.25, 0.3) is 0 Å². The van der Waals surface area contributed by atoms with Crippen LogP contribution < -0.4 is 11.0 Å². The molecular formula is C10H14N6O2. The van der Waals surface area contributed by atoms with E-state index in [1.54, 1.807) is 17.9 Å². The van der Waals surface area contributed by atoms with Crippen molar-refractivity contribution in [3.8, 4) is 0 Å². The van der Waals surface area contributed by atoms with E-state index < -0.39 is 5.69 Å². The molecule has 3 N–H and O–H groups in total. The SMILES string of the molecule is CCc1nn(C)cc1C(=O)NCc1n[nH]c(=O)[nH]1. The smallest absolute Gasteiger partial charge is 0.340 e. The zero-order valence-electron chi connectivity index (χ0n) is 10.1. The molecule has 18 heavy (non-hydrogen) atoms. The van der Waals surface area contributed by atoms with Gasteiger partial charge in [-0.1, -0.05) is 6.92 Å². The fraction of sp³-hybridized carbons (Fsp3) is 0.400. The molecule has 0 radical (unpaired) electrons. The molecule has 0 aliphatic heterocycles. The van der Waals surface area contributed by atoms with Crippen molar-refractivity contribution < 1.29 is 4.79 Å². The van der Waals surface area contributed by atoms with Crippen molar-refractivity contribution in [1.82, 2.24) is 30.3 Å². The van der Waals surface area contributed by atoms with Crippen LogP contribution in [0.1, 0.15) is 28.8 Å². The molecule has 0 aliphatic rings. The van der Waals surface area contributed by atoms with Crippen LogP contribution in [0.15, 0.2) is 11.0 Å². The third-order valence-electron chi connectivity index (χ3n) is 2.45. The van der Waals surface area contributed by atoms with Gasteiger partial charge < -0.3 is 5.32 Å². The molecule has 0 atom stereocenters. The molecule has 0 bridgehead atoms. The largest absolute Gasteiger partial charge is 0.345 e. The summed E-state index contributed by atoms with van der Waals surface area (Å²) in [5, 5.41) is 12.8. The first-order valence-electron chi connectivity index (χ1n) is 5.54. The number of carbonyl (C=O) groups is 1. The number of aromatic amines is 2. The van der Waals surface area contributed by atoms with E-state index in [2.05, 4.69) is 25.6 Å². The fourth-order valence-corrected chi connectivity index (χ4v) is 1.63. The molecule has 0 spiro atoms. The summed E-state index contributed by atoms with van der Waals surface area (Å²) in [6.07, 6.45) is 2.35. The molecule has 8 nitrogen and oxygen atoms in total. The van der Waals surface area contributed by atoms with E-state index in [-0.39, 0.29) is 12.5 Å². The molecular weight excluding hydrogens is 236 g/mol. The molecule has 0 fully saturated rings. The van der Waals surface area contributed by atoms with Crippen molar-refractivity contribution in [3.05, 3.63) is 33.8 Å². The van der Waals surface area contributed by atoms with E-state index in [0.29, 0.717) is 17.8 Å². The lowest BCUT2D eigenvalue weighted by Crippen LogP contribution is -2.24. The number of nitrogens with zero attached hydrogens (tertiary/aromatic N) is 3. The van der Waals surface area contributed by atoms with Gasteiger partial charge in [-0.15, -0.1) is 0 Å². The van der Waals surface area contributed by atoms with Crippen molar-refractivity contribution in [2.45, 2.75) is 19.9 Å². The van der Waals surface area contributed by atoms with Gasteiger partial charge in [0.15, 0.2) is 0 Å². The van der Waals surface area contributed by atoms with Gasteiger partial charge in [0.2, 0.25) is 0 Å². The Hall–Kier alpha value is -2.38. The van der Waals surface area contributed by atoms with Crippen molar-refractivity contribution in [1.29, 1.82) is 0 Å². The van der Waals surface area contributed by atoms with Crippen LogP contribution in [0.5, 0.6) is 0 Å². The van der Waals surface area contributed by atoms with E-state index >= 15 is 0 Å². The first-order chi connectivity index (χ1) is 8.60. The predicted molar refractivity (Wildman–Crippen MR) is 63.0 cm³/mol. The number of nitrogens with one attached hydrogen (secondary N) is 3. The average molecular weight is 250 g/mol. The van der Waals surface area contributed by atoms with E-state index in [4.69, 9.17) is 0 Å². The number of H-pyrrole nitrogens is 2. The van der Waals surface area contributed by atoms with Crippen LogP contribution in [-0.4, -0.2) is 30.9 Å². The van der Waals surface area contributed by atoms with E-state index in [1.807, 2.05) is 6.92 Å². The van der Waals surface area contributed by atoms with E-state index in [9.17, 15) is 9.59 Å². The summed E-state index contributed by atoms with van der Waals surface area (Å²) in [7, 11) is 1.77. The van der Waals surface area contributed by atoms with Crippen molar-refractivity contribution in [2.75, 3.05) is 0 Å². The Balaban J connectivity index is 2.05. The number of hydrogen-bond acceptors (Lipinski definition) is 4. The third-order valence-corrected chi connectivity index (χ3v) is 2.45. The molecule has 0 saturated carbocycles. The van der Waals surface area contributed by atoms with Gasteiger partial charge in [0.1, 0.15) is 5.82 Å². The number of aryl methyl sites for hydroxylation is 2. The minimum Gasteiger partial charge on any atom is -0.345 e. The van der Waals surface area contributed by atoms with Gasteiger partial charge in [0.25, 0.3) is 5.91 Å². The van der Waals surface area contributed by atoms with Crippen LogP contribution in [0.3, 0.4) is 0 Å². The minimum atomic E-state index is -0.394. The summed E-state index contributed by atoms with van der Waals surface area (Å²) in [6, 6.07) is 0. The van der Waals surface area contributed by atoms with Crippen molar-refractivity contribution in [3.63, 3.8) is 0 Å². The maximum absolute atomic E-state index is 11.9. The number of amides is 1. The van der Waals surface area contributed by atoms with Gasteiger partial charge in [-0.3, -0.25) is 14.5 Å². The number of carbonyl (C=O) groups excluding carboxylic acids is 1. The standard InChI is InChI=1S/C10H14N6O2/c1-3-7-6(5-16(2)15-7)9(17)11-4-8-12-10(18)14-13-8/h5H,3-4H2,1-2H3,(H,11,17)(H2,12,13,14,18). The topological polar surface area (TPSA) is 108 Å². The fourth-order valence-electron chi connectivity index (χ4n) is 1.63. The summed E-state index contributed by atoms with van der Waals surface area (Å²) >= 11 is 0. The van der Waals surface area contributed by atoms with E-state index in [1.165, 1.54) is 0 Å². The summed E-state index contributed by atoms with van der Waals surface area (Å²) < 4.78 is 1.60. The maximum atomic E-state index is 11.9. The number of aromatic nitrogens is 5. The normalized spacial score (nSPS) is 10.6. The van der Waals surface area contributed by atoms with Gasteiger partial charge in [-0.05, 0) is 6.42 Å². The zero-order valence-corrected chi connectivity index (χ0v) is 10.1. The second-order valence-corrected chi connectivity index (χ2v) is 3.82. The Morgan fingerprint density at radius 1 is 1.56 bits per heavy atom. The van der Waals surface area contributed by atoms with Gasteiger partial charge in [0.05, 0.1) is 17.8 Å². The lowest BCUT2D eigenvalue weighted by Gasteiger charge is -2.01. The van der Waals surface area contributed by atoms with Crippen molar-refractivity contribution in [2.24, 2.45) is 7.05 Å². The maximum Gasteiger partial charge on any atom is 0.340 e. The van der Waals surface area contributed by atoms with Crippen LogP contribution >= 0.6 is 0 Å². The molecule has 1 amide bonds. The monoisotopic (exact) mass is 250 g/mol. The molecule has 0 unspecified atom stereocenters. The molecule has 0 aromatic carbocycles. The first-order valence-corrected chi connectivity index (χ1v) is 5.54. The lowest BCUT2D eigenvalue weighted by atomic mass is 10.2. The molecule has 2 rings (SSSR count). The molecule has 0 saturated heterocycles. The average Bonchev–Trinajstić information content (AvgIpc) is 2.92. The summed E-state index contributed by atoms with van der Waals surface area (Å²) in [4.78, 5) is 25.2. The highest BCUT2D eigenvalue weighted by atomic mass is 16.2. The van der Waals surface area contributed by atoms with Crippen LogP contribution in [-0.2, 0) is 20.0 Å². The number of rotatable bonds is 4. The summed E-state index contributed by atoms with van der Waals surface area (Å²) in [5.74, 6) is 0.152. The second kappa shape index (κ2) is 4.86. The third kappa shape index (κ3) is 2.47. The highest BCUT2D eigenvalue weighted by molar-refractivity contribution is 5.95. The Labute approximate surface area is 102 Å². The Morgan fingerprint density at radius 2 is 2.33 bits per heavy atom. The first kappa shape index (κ1) is 12.1. The van der Waals surface area contributed by atoms with Crippen molar-refractivity contribution >= 4 is 5.91 Å². The Morgan fingerprint density at radius 3 is 2.94 bits per heavy atom. The van der Waals surface area contributed by atoms with E-state index in [0.717, 1.165) is 5.69 Å². The molecule has 2 aromatic heterocycles. The summed E-state index contributed by atoms with van der Waals surface area (Å²) in [5.41, 5.74) is 0.887. The zero-order chi connectivity index (χ0) is 13.1. The lowest BCUT2D eigenvalue weighted by molar-refractivity contribution is 0.0949. The highest BCUT2D eigenvalue weighted by Crippen LogP contribution is 2.06. The molecule has 2 heterocycles. The van der Waals surface area contributed by atoms with Gasteiger partial charge in [-0.25, -0.2) is 9.89 Å². The van der Waals surface area contributed by atoms with Gasteiger partial charge >= 0.3 is 5.69 Å². The second-order valence-electron chi connectivity index (χ2n) is 3.82. The van der Waals surface area contributed by atoms with Gasteiger partial charge in [-0.2, -0.15) is 10.2 Å². The van der Waals surface area contributed by atoms with Gasteiger partial charge in [0, 0.05) is 13.2 Å². The van der Waals surface area contributed by atoms with Crippen LogP contribution in [0.2, 0.25) is 0 Å². The summed E-state index contributed by atoms with van der Waals surface area (Å²) in [6.45, 7) is 2.10. The quantitative estimate of drug-likeness (QED) is 0.668. The predicted octanol–water partition coefficient (Wildman–Crippen LogP) is -0.676. The number of hydrogen-bond donors (Lipinski definition) is 3. The molecule has 2 aromatic rings. The Kier molecular flexibility index (Phi) is 3.26. The molecule has 8 heteroatoms. The van der Waals surface area contributed by atoms with Crippen LogP contribution in [0.4, 0.5) is 0 Å². The highest BCUT2D eigenvalue weighted by Gasteiger charge is 2.14. The Bertz CT molecular complexity index is 608. The minimum absolute atomic E-state index is 0.162.